The predicted octanol–water partition coefficient (Wildman–Crippen LogP) is 3.82. The van der Waals surface area contributed by atoms with Crippen molar-refractivity contribution in [1.82, 2.24) is 10.4 Å². The number of hydrazone groups is 1. The highest BCUT2D eigenvalue weighted by Crippen LogP contribution is 2.27. The molecule has 2 N–H and O–H groups in total. The molecule has 5 nitrogen and oxygen atoms in total. The van der Waals surface area contributed by atoms with E-state index in [1.54, 1.807) is 13.1 Å². The van der Waals surface area contributed by atoms with E-state index >= 15 is 0 Å². The van der Waals surface area contributed by atoms with Gasteiger partial charge in [-0.15, -0.1) is 0 Å². The molecule has 1 atom stereocenters. The van der Waals surface area contributed by atoms with Gasteiger partial charge in [0.25, 0.3) is 5.91 Å². The highest BCUT2D eigenvalue weighted by molar-refractivity contribution is 6.30. The maximum atomic E-state index is 12.1. The lowest BCUT2D eigenvalue weighted by Gasteiger charge is -2.17. The van der Waals surface area contributed by atoms with Gasteiger partial charge in [0.1, 0.15) is 5.75 Å². The number of carbonyl (C=O) groups is 1. The quantitative estimate of drug-likeness (QED) is 0.637. The minimum Gasteiger partial charge on any atom is -0.480 e. The average Bonchev–Trinajstić information content (AvgIpc) is 2.80. The maximum absolute atomic E-state index is 12.1. The van der Waals surface area contributed by atoms with Gasteiger partial charge < -0.3 is 9.72 Å². The molecule has 24 heavy (non-hydrogen) atoms. The van der Waals surface area contributed by atoms with Crippen LogP contribution in [0.3, 0.4) is 0 Å². The first-order valence-corrected chi connectivity index (χ1v) is 8.08. The van der Waals surface area contributed by atoms with Gasteiger partial charge >= 0.3 is 0 Å². The van der Waals surface area contributed by atoms with Gasteiger partial charge in [0.05, 0.1) is 6.21 Å². The van der Waals surface area contributed by atoms with Gasteiger partial charge in [-0.3, -0.25) is 4.79 Å². The van der Waals surface area contributed by atoms with Crippen molar-refractivity contribution in [3.05, 3.63) is 51.3 Å². The molecule has 0 spiro atoms. The molecule has 0 bridgehead atoms. The molecule has 1 amide bonds. The van der Waals surface area contributed by atoms with Gasteiger partial charge in [0.15, 0.2) is 6.10 Å². The predicted molar refractivity (Wildman–Crippen MR) is 97.0 cm³/mol. The van der Waals surface area contributed by atoms with Crippen LogP contribution in [0.15, 0.2) is 23.3 Å². The van der Waals surface area contributed by atoms with Crippen LogP contribution in [0, 0.1) is 27.7 Å². The number of ether oxygens (including phenoxy) is 1. The number of rotatable bonds is 5. The van der Waals surface area contributed by atoms with Gasteiger partial charge in [-0.05, 0) is 63.9 Å². The summed E-state index contributed by atoms with van der Waals surface area (Å²) in [5.74, 6) is 0.355. The summed E-state index contributed by atoms with van der Waals surface area (Å²) >= 11 is 6.01. The monoisotopic (exact) mass is 347 g/mol. The van der Waals surface area contributed by atoms with Crippen molar-refractivity contribution < 1.29 is 9.53 Å². The fourth-order valence-corrected chi connectivity index (χ4v) is 2.78. The van der Waals surface area contributed by atoms with Crippen LogP contribution in [0.25, 0.3) is 0 Å². The lowest BCUT2D eigenvalue weighted by Crippen LogP contribution is -2.33. The van der Waals surface area contributed by atoms with Crippen molar-refractivity contribution in [3.63, 3.8) is 0 Å². The van der Waals surface area contributed by atoms with Gasteiger partial charge in [0.2, 0.25) is 0 Å². The van der Waals surface area contributed by atoms with E-state index in [1.807, 2.05) is 45.9 Å². The minimum absolute atomic E-state index is 0.315. The molecule has 128 valence electrons. The SMILES string of the molecule is Cc1cc(/C=N/NC(=O)[C@@H](C)Oc2c(C)cc(Cl)cc2C)c(C)[nH]1. The molecule has 0 saturated carbocycles. The van der Waals surface area contributed by atoms with Crippen molar-refractivity contribution in [2.24, 2.45) is 5.10 Å². The van der Waals surface area contributed by atoms with Crippen LogP contribution in [0.2, 0.25) is 5.02 Å². The number of H-pyrrole nitrogens is 1. The number of nitrogens with zero attached hydrogens (tertiary/aromatic N) is 1. The lowest BCUT2D eigenvalue weighted by atomic mass is 10.1. The van der Waals surface area contributed by atoms with E-state index in [0.717, 1.165) is 28.1 Å². The summed E-state index contributed by atoms with van der Waals surface area (Å²) in [7, 11) is 0. The number of hydrogen-bond donors (Lipinski definition) is 2. The summed E-state index contributed by atoms with van der Waals surface area (Å²) in [5, 5.41) is 4.64. The van der Waals surface area contributed by atoms with Crippen molar-refractivity contribution >= 4 is 23.7 Å². The van der Waals surface area contributed by atoms with Gasteiger partial charge in [-0.25, -0.2) is 5.43 Å². The van der Waals surface area contributed by atoms with E-state index in [2.05, 4.69) is 15.5 Å². The molecule has 0 aliphatic carbocycles. The molecule has 2 rings (SSSR count). The van der Waals surface area contributed by atoms with Crippen molar-refractivity contribution in [2.75, 3.05) is 0 Å². The lowest BCUT2D eigenvalue weighted by molar-refractivity contribution is -0.127. The molecule has 1 aromatic heterocycles. The van der Waals surface area contributed by atoms with Crippen molar-refractivity contribution in [1.29, 1.82) is 0 Å². The number of halogens is 1. The second-order valence-corrected chi connectivity index (χ2v) is 6.33. The van der Waals surface area contributed by atoms with E-state index in [1.165, 1.54) is 0 Å². The first-order valence-electron chi connectivity index (χ1n) is 7.70. The fraction of sp³-hybridized carbons (Fsp3) is 0.333. The van der Waals surface area contributed by atoms with Crippen LogP contribution >= 0.6 is 11.6 Å². The van der Waals surface area contributed by atoms with Crippen LogP contribution in [0.5, 0.6) is 5.75 Å². The Morgan fingerprint density at radius 3 is 2.42 bits per heavy atom. The Bertz CT molecular complexity index is 758. The van der Waals surface area contributed by atoms with E-state index < -0.39 is 6.10 Å². The summed E-state index contributed by atoms with van der Waals surface area (Å²) in [6.45, 7) is 9.40. The highest BCUT2D eigenvalue weighted by atomic mass is 35.5. The number of amides is 1. The van der Waals surface area contributed by atoms with Gasteiger partial charge in [-0.1, -0.05) is 11.6 Å². The number of hydrogen-bond acceptors (Lipinski definition) is 3. The molecule has 0 aliphatic heterocycles. The number of carbonyl (C=O) groups excluding carboxylic acids is 1. The van der Waals surface area contributed by atoms with E-state index in [4.69, 9.17) is 16.3 Å². The summed E-state index contributed by atoms with van der Waals surface area (Å²) < 4.78 is 5.77. The zero-order valence-corrected chi connectivity index (χ0v) is 15.3. The third kappa shape index (κ3) is 4.38. The molecule has 6 heteroatoms. The zero-order chi connectivity index (χ0) is 17.9. The molecule has 0 fully saturated rings. The summed E-state index contributed by atoms with van der Waals surface area (Å²) in [6, 6.07) is 5.58. The Labute approximate surface area is 147 Å². The van der Waals surface area contributed by atoms with Crippen LogP contribution in [-0.4, -0.2) is 23.2 Å². The zero-order valence-electron chi connectivity index (χ0n) is 14.5. The Morgan fingerprint density at radius 1 is 1.25 bits per heavy atom. The van der Waals surface area contributed by atoms with Crippen molar-refractivity contribution in [3.8, 4) is 5.75 Å². The van der Waals surface area contributed by atoms with E-state index in [9.17, 15) is 4.79 Å². The Hall–Kier alpha value is -2.27. The highest BCUT2D eigenvalue weighted by Gasteiger charge is 2.16. The molecule has 0 aliphatic rings. The smallest absolute Gasteiger partial charge is 0.280 e. The maximum Gasteiger partial charge on any atom is 0.280 e. The van der Waals surface area contributed by atoms with Crippen LogP contribution in [-0.2, 0) is 4.79 Å². The average molecular weight is 348 g/mol. The number of aromatic nitrogens is 1. The van der Waals surface area contributed by atoms with E-state index in [-0.39, 0.29) is 5.91 Å². The first kappa shape index (κ1) is 18.1. The van der Waals surface area contributed by atoms with Crippen LogP contribution in [0.4, 0.5) is 0 Å². The molecule has 1 aromatic carbocycles. The standard InChI is InChI=1S/C18H22ClN3O2/c1-10-6-16(19)7-11(2)17(10)24-14(5)18(23)22-20-9-15-8-12(3)21-13(15)4/h6-9,14,21H,1-5H3,(H,22,23)/b20-9+/t14-/m1/s1. The minimum atomic E-state index is -0.671. The molecule has 0 unspecified atom stereocenters. The largest absolute Gasteiger partial charge is 0.480 e. The Kier molecular flexibility index (Phi) is 5.67. The number of aryl methyl sites for hydroxylation is 4. The summed E-state index contributed by atoms with van der Waals surface area (Å²) in [5.41, 5.74) is 7.27. The number of nitrogens with one attached hydrogen (secondary N) is 2. The van der Waals surface area contributed by atoms with Gasteiger partial charge in [-0.2, -0.15) is 5.10 Å². The fourth-order valence-electron chi connectivity index (χ4n) is 2.45. The molecule has 0 saturated heterocycles. The number of benzene rings is 1. The summed E-state index contributed by atoms with van der Waals surface area (Å²) in [6.07, 6.45) is 0.942. The molecule has 2 aromatic rings. The second kappa shape index (κ2) is 7.53. The van der Waals surface area contributed by atoms with Crippen molar-refractivity contribution in [2.45, 2.75) is 40.7 Å². The summed E-state index contributed by atoms with van der Waals surface area (Å²) in [4.78, 5) is 15.3. The molecule has 0 radical (unpaired) electrons. The normalized spacial score (nSPS) is 12.4. The van der Waals surface area contributed by atoms with Crippen LogP contribution in [0.1, 0.15) is 35.0 Å². The van der Waals surface area contributed by atoms with Crippen LogP contribution < -0.4 is 10.2 Å². The molecule has 1 heterocycles. The van der Waals surface area contributed by atoms with E-state index in [0.29, 0.717) is 10.8 Å². The van der Waals surface area contributed by atoms with Gasteiger partial charge in [0, 0.05) is 22.0 Å². The molecular formula is C18H22ClN3O2. The topological polar surface area (TPSA) is 66.5 Å². The Morgan fingerprint density at radius 2 is 1.88 bits per heavy atom. The molecular weight excluding hydrogens is 326 g/mol. The first-order chi connectivity index (χ1) is 11.3. The second-order valence-electron chi connectivity index (χ2n) is 5.90. The number of aromatic amines is 1. The Balaban J connectivity index is 1.99. The third-order valence-electron chi connectivity index (χ3n) is 3.66. The third-order valence-corrected chi connectivity index (χ3v) is 3.88.